The lowest BCUT2D eigenvalue weighted by Gasteiger charge is -2.41. The van der Waals surface area contributed by atoms with Crippen LogP contribution >= 0.6 is 0 Å². The molecule has 34 heavy (non-hydrogen) atoms. The number of carbonyl (C=O) groups is 2. The first-order valence-electron chi connectivity index (χ1n) is 13.5. The number of hydrogen-bond acceptors (Lipinski definition) is 5. The zero-order valence-electron chi connectivity index (χ0n) is 20.8. The Morgan fingerprint density at radius 2 is 1.88 bits per heavy atom. The molecule has 4 fully saturated rings. The van der Waals surface area contributed by atoms with Crippen molar-refractivity contribution in [1.29, 1.82) is 5.26 Å². The van der Waals surface area contributed by atoms with E-state index in [0.29, 0.717) is 18.5 Å². The zero-order valence-corrected chi connectivity index (χ0v) is 20.8. The summed E-state index contributed by atoms with van der Waals surface area (Å²) < 4.78 is 0. The van der Waals surface area contributed by atoms with Gasteiger partial charge in [0.1, 0.15) is 11.6 Å². The van der Waals surface area contributed by atoms with Gasteiger partial charge in [-0.2, -0.15) is 5.26 Å². The van der Waals surface area contributed by atoms with Crippen LogP contribution in [-0.2, 0) is 9.59 Å². The number of nitriles is 1. The third-order valence-corrected chi connectivity index (χ3v) is 9.26. The fourth-order valence-corrected chi connectivity index (χ4v) is 7.52. The number of rotatable bonds is 7. The third-order valence-electron chi connectivity index (χ3n) is 9.26. The van der Waals surface area contributed by atoms with E-state index in [1.807, 2.05) is 6.08 Å². The molecule has 3 N–H and O–H groups in total. The van der Waals surface area contributed by atoms with Crippen molar-refractivity contribution >= 4 is 11.9 Å². The van der Waals surface area contributed by atoms with Gasteiger partial charge in [0.25, 0.3) is 5.91 Å². The summed E-state index contributed by atoms with van der Waals surface area (Å²) in [5.74, 6) is 0.132. The van der Waals surface area contributed by atoms with Gasteiger partial charge in [-0.15, -0.1) is 0 Å². The van der Waals surface area contributed by atoms with Crippen molar-refractivity contribution in [3.63, 3.8) is 0 Å². The Morgan fingerprint density at radius 1 is 1.15 bits per heavy atom. The van der Waals surface area contributed by atoms with Crippen molar-refractivity contribution in [2.45, 2.75) is 102 Å². The number of hydrogen-bond donors (Lipinski definition) is 3. The molecular weight excluding hydrogens is 428 g/mol. The van der Waals surface area contributed by atoms with E-state index in [0.717, 1.165) is 51.0 Å². The molecule has 4 aliphatic rings. The normalized spacial score (nSPS) is 38.8. The molecule has 7 heteroatoms. The summed E-state index contributed by atoms with van der Waals surface area (Å²) in [6.45, 7) is 5.92. The van der Waals surface area contributed by atoms with E-state index < -0.39 is 5.97 Å². The van der Waals surface area contributed by atoms with Crippen LogP contribution in [0.1, 0.15) is 78.1 Å². The number of fused-ring (bicyclic) bond motifs is 1. The van der Waals surface area contributed by atoms with Gasteiger partial charge in [-0.1, -0.05) is 31.8 Å². The summed E-state index contributed by atoms with van der Waals surface area (Å²) in [6.07, 6.45) is 12.5. The molecule has 0 aromatic carbocycles. The van der Waals surface area contributed by atoms with Gasteiger partial charge < -0.3 is 15.7 Å². The van der Waals surface area contributed by atoms with Crippen LogP contribution in [0.5, 0.6) is 0 Å². The first kappa shape index (κ1) is 25.2. The minimum Gasteiger partial charge on any atom is -0.481 e. The summed E-state index contributed by atoms with van der Waals surface area (Å²) in [5, 5.41) is 26.1. The molecule has 2 aliphatic heterocycles. The predicted octanol–water partition coefficient (Wildman–Crippen LogP) is 3.46. The Balaban J connectivity index is 1.33. The third kappa shape index (κ3) is 5.33. The molecule has 4 rings (SSSR count). The summed E-state index contributed by atoms with van der Waals surface area (Å²) in [5.41, 5.74) is 0.199. The largest absolute Gasteiger partial charge is 0.481 e. The Kier molecular flexibility index (Phi) is 8.31. The van der Waals surface area contributed by atoms with Gasteiger partial charge in [-0.3, -0.25) is 14.5 Å². The minimum atomic E-state index is -0.697. The maximum absolute atomic E-state index is 12.8. The molecule has 0 radical (unpaired) electrons. The maximum atomic E-state index is 12.8. The highest BCUT2D eigenvalue weighted by molar-refractivity contribution is 5.97. The molecule has 8 atom stereocenters. The van der Waals surface area contributed by atoms with Crippen molar-refractivity contribution < 1.29 is 14.7 Å². The molecule has 2 aliphatic carbocycles. The zero-order chi connectivity index (χ0) is 24.2. The Hall–Kier alpha value is -1.91. The Labute approximate surface area is 204 Å². The van der Waals surface area contributed by atoms with Crippen molar-refractivity contribution in [3.8, 4) is 6.07 Å². The van der Waals surface area contributed by atoms with Crippen LogP contribution in [0, 0.1) is 35.0 Å². The van der Waals surface area contributed by atoms with Crippen LogP contribution in [-0.4, -0.2) is 59.1 Å². The van der Waals surface area contributed by atoms with Crippen molar-refractivity contribution in [2.24, 2.45) is 23.7 Å². The number of carbonyl (C=O) groups excluding carboxylic acids is 1. The van der Waals surface area contributed by atoms with Gasteiger partial charge in [0.05, 0.1) is 5.92 Å². The molecule has 188 valence electrons. The number of nitrogens with one attached hydrogen (secondary N) is 2. The van der Waals surface area contributed by atoms with E-state index in [-0.39, 0.29) is 41.4 Å². The van der Waals surface area contributed by atoms with E-state index in [2.05, 4.69) is 35.5 Å². The van der Waals surface area contributed by atoms with Crippen LogP contribution in [0.4, 0.5) is 0 Å². The molecule has 7 nitrogen and oxygen atoms in total. The Morgan fingerprint density at radius 3 is 2.65 bits per heavy atom. The van der Waals surface area contributed by atoms with Crippen molar-refractivity contribution in [3.05, 3.63) is 11.6 Å². The molecule has 2 saturated carbocycles. The topological polar surface area (TPSA) is 105 Å². The van der Waals surface area contributed by atoms with Gasteiger partial charge >= 0.3 is 5.97 Å². The second-order valence-corrected chi connectivity index (χ2v) is 11.2. The summed E-state index contributed by atoms with van der Waals surface area (Å²) >= 11 is 0. The van der Waals surface area contributed by atoms with E-state index in [1.54, 1.807) is 0 Å². The molecule has 0 aromatic rings. The smallest absolute Gasteiger partial charge is 0.308 e. The highest BCUT2D eigenvalue weighted by Crippen LogP contribution is 2.39. The number of nitrogens with zero attached hydrogens (tertiary/aromatic N) is 2. The van der Waals surface area contributed by atoms with Crippen LogP contribution in [0.25, 0.3) is 0 Å². The minimum absolute atomic E-state index is 0.0395. The van der Waals surface area contributed by atoms with Gasteiger partial charge in [-0.05, 0) is 76.7 Å². The second-order valence-electron chi connectivity index (χ2n) is 11.2. The predicted molar refractivity (Wildman–Crippen MR) is 131 cm³/mol. The molecule has 0 aromatic heterocycles. The molecule has 1 amide bonds. The lowest BCUT2D eigenvalue weighted by Crippen LogP contribution is -2.50. The molecule has 8 unspecified atom stereocenters. The number of aliphatic carboxylic acids is 1. The first-order chi connectivity index (χ1) is 16.4. The fraction of sp³-hybridized carbons (Fsp3) is 0.815. The number of carboxylic acid groups (broad SMARTS) is 1. The average Bonchev–Trinajstić information content (AvgIpc) is 3.37. The molecule has 0 spiro atoms. The number of amides is 1. The quantitative estimate of drug-likeness (QED) is 0.389. The number of carboxylic acids is 1. The van der Waals surface area contributed by atoms with Crippen LogP contribution in [0.3, 0.4) is 0 Å². The van der Waals surface area contributed by atoms with E-state index in [9.17, 15) is 20.0 Å². The molecular formula is C27H42N4O3. The second kappa shape index (κ2) is 11.2. The monoisotopic (exact) mass is 470 g/mol. The van der Waals surface area contributed by atoms with Crippen molar-refractivity contribution in [2.75, 3.05) is 13.1 Å². The highest BCUT2D eigenvalue weighted by atomic mass is 16.4. The van der Waals surface area contributed by atoms with Crippen LogP contribution in [0.15, 0.2) is 11.6 Å². The van der Waals surface area contributed by atoms with Gasteiger partial charge in [0, 0.05) is 30.7 Å². The van der Waals surface area contributed by atoms with Gasteiger partial charge in [0.2, 0.25) is 0 Å². The lowest BCUT2D eigenvalue weighted by atomic mass is 9.79. The van der Waals surface area contributed by atoms with E-state index >= 15 is 0 Å². The molecule has 2 saturated heterocycles. The first-order valence-corrected chi connectivity index (χ1v) is 13.5. The molecule has 2 heterocycles. The van der Waals surface area contributed by atoms with E-state index in [4.69, 9.17) is 0 Å². The van der Waals surface area contributed by atoms with Crippen molar-refractivity contribution in [1.82, 2.24) is 15.5 Å². The summed E-state index contributed by atoms with van der Waals surface area (Å²) in [6, 6.07) is 3.18. The standard InChI is InChI=1S/C27H42N4O3/c1-17-13-20(18(2)31(17)25-10-6-4-8-23(25)27(33)34)14-21(15-28)26(32)29-12-11-19-16-30-24-9-5-3-7-22(19)24/h14,17-20,22-25,30H,3-13,16H2,1-2H3,(H,29,32)(H,33,34)/b21-14-. The highest BCUT2D eigenvalue weighted by Gasteiger charge is 2.44. The lowest BCUT2D eigenvalue weighted by molar-refractivity contribution is -0.146. The van der Waals surface area contributed by atoms with Crippen LogP contribution in [0.2, 0.25) is 0 Å². The SMILES string of the molecule is CC1CC(/C=C(/C#N)C(=O)NCCC2CNC3CCCCC23)C(C)N1C1CCCCC1C(=O)O. The summed E-state index contributed by atoms with van der Waals surface area (Å²) in [7, 11) is 0. The summed E-state index contributed by atoms with van der Waals surface area (Å²) in [4.78, 5) is 27.0. The Bertz CT molecular complexity index is 821. The molecule has 0 bridgehead atoms. The fourth-order valence-electron chi connectivity index (χ4n) is 7.52. The maximum Gasteiger partial charge on any atom is 0.308 e. The number of likely N-dealkylation sites (tertiary alicyclic amines) is 1. The van der Waals surface area contributed by atoms with Gasteiger partial charge in [-0.25, -0.2) is 0 Å². The van der Waals surface area contributed by atoms with E-state index in [1.165, 1.54) is 25.7 Å². The van der Waals surface area contributed by atoms with Crippen LogP contribution < -0.4 is 10.6 Å². The van der Waals surface area contributed by atoms with Gasteiger partial charge in [0.15, 0.2) is 0 Å². The average molecular weight is 471 g/mol.